The van der Waals surface area contributed by atoms with Gasteiger partial charge in [0.1, 0.15) is 0 Å². The molecule has 0 saturated heterocycles. The molecule has 0 atom stereocenters. The highest BCUT2D eigenvalue weighted by atomic mass is 35.5. The van der Waals surface area contributed by atoms with E-state index in [1.165, 1.54) is 6.07 Å². The number of rotatable bonds is 3. The van der Waals surface area contributed by atoms with Crippen molar-refractivity contribution in [2.45, 2.75) is 13.3 Å². The molecule has 16 heavy (non-hydrogen) atoms. The second kappa shape index (κ2) is 5.72. The van der Waals surface area contributed by atoms with Gasteiger partial charge in [-0.15, -0.1) is 0 Å². The van der Waals surface area contributed by atoms with Crippen molar-refractivity contribution >= 4 is 35.0 Å². The molecule has 2 N–H and O–H groups in total. The Morgan fingerprint density at radius 3 is 2.75 bits per heavy atom. The maximum absolute atomic E-state index is 10.8. The van der Waals surface area contributed by atoms with Crippen molar-refractivity contribution in [3.05, 3.63) is 33.8 Å². The van der Waals surface area contributed by atoms with Crippen molar-refractivity contribution in [1.82, 2.24) is 0 Å². The molecule has 1 aromatic rings. The van der Waals surface area contributed by atoms with Gasteiger partial charge in [0, 0.05) is 17.0 Å². The van der Waals surface area contributed by atoms with Crippen LogP contribution in [0.5, 0.6) is 0 Å². The van der Waals surface area contributed by atoms with E-state index >= 15 is 0 Å². The first-order chi connectivity index (χ1) is 7.54. The molecule has 0 fully saturated rings. The molecule has 0 aliphatic rings. The number of benzene rings is 1. The number of oxime groups is 1. The van der Waals surface area contributed by atoms with E-state index in [1.807, 2.05) is 0 Å². The van der Waals surface area contributed by atoms with E-state index in [0.717, 1.165) is 0 Å². The number of halogens is 2. The van der Waals surface area contributed by atoms with E-state index < -0.39 is 5.97 Å². The van der Waals surface area contributed by atoms with Crippen LogP contribution in [0.2, 0.25) is 10.0 Å². The summed E-state index contributed by atoms with van der Waals surface area (Å²) < 4.78 is 0. The number of hydrogen-bond acceptors (Lipinski definition) is 3. The highest BCUT2D eigenvalue weighted by Gasteiger charge is 2.06. The third-order valence-electron chi connectivity index (χ3n) is 1.74. The summed E-state index contributed by atoms with van der Waals surface area (Å²) >= 11 is 11.6. The van der Waals surface area contributed by atoms with Crippen molar-refractivity contribution in [2.75, 3.05) is 0 Å². The van der Waals surface area contributed by atoms with Crippen molar-refractivity contribution in [3.8, 4) is 0 Å². The number of nitrogens with zero attached hydrogens (tertiary/aromatic N) is 1. The fraction of sp³-hybridized carbons (Fsp3) is 0.200. The summed E-state index contributed by atoms with van der Waals surface area (Å²) in [6.07, 6.45) is 0.227. The Hall–Kier alpha value is -1.26. The van der Waals surface area contributed by atoms with Gasteiger partial charge >= 0.3 is 5.97 Å². The first-order valence-corrected chi connectivity index (χ1v) is 5.29. The summed E-state index contributed by atoms with van der Waals surface area (Å²) in [5.74, 6) is -0.434. The number of nitrogens with two attached hydrogens (primary N) is 1. The molecular formula is C10H10Cl2N2O2. The first-order valence-electron chi connectivity index (χ1n) is 4.53. The predicted octanol–water partition coefficient (Wildman–Crippen LogP) is 2.57. The third-order valence-corrected chi connectivity index (χ3v) is 2.29. The lowest BCUT2D eigenvalue weighted by molar-refractivity contribution is -0.143. The van der Waals surface area contributed by atoms with E-state index in [-0.39, 0.29) is 12.3 Å². The Kier molecular flexibility index (Phi) is 4.58. The summed E-state index contributed by atoms with van der Waals surface area (Å²) in [6, 6.07) is 4.75. The molecule has 0 aliphatic carbocycles. The first kappa shape index (κ1) is 12.8. The van der Waals surface area contributed by atoms with E-state index in [1.54, 1.807) is 19.1 Å². The summed E-state index contributed by atoms with van der Waals surface area (Å²) in [4.78, 5) is 15.4. The Bertz CT molecular complexity index is 433. The second-order valence-electron chi connectivity index (χ2n) is 2.92. The van der Waals surface area contributed by atoms with Crippen LogP contribution in [0.15, 0.2) is 23.4 Å². The minimum absolute atomic E-state index is 0.0310. The lowest BCUT2D eigenvalue weighted by Gasteiger charge is -2.03. The topological polar surface area (TPSA) is 64.7 Å². The molecule has 0 aromatic heterocycles. The van der Waals surface area contributed by atoms with Gasteiger partial charge in [0.25, 0.3) is 0 Å². The van der Waals surface area contributed by atoms with Crippen molar-refractivity contribution in [2.24, 2.45) is 10.9 Å². The fourth-order valence-electron chi connectivity index (χ4n) is 0.911. The van der Waals surface area contributed by atoms with Crippen LogP contribution in [0, 0.1) is 0 Å². The molecule has 6 heteroatoms. The van der Waals surface area contributed by atoms with Gasteiger partial charge in [0.05, 0.1) is 5.02 Å². The highest BCUT2D eigenvalue weighted by Crippen LogP contribution is 2.20. The molecule has 4 nitrogen and oxygen atoms in total. The van der Waals surface area contributed by atoms with Gasteiger partial charge in [-0.1, -0.05) is 35.3 Å². The molecule has 0 aliphatic heterocycles. The van der Waals surface area contributed by atoms with E-state index in [4.69, 9.17) is 28.9 Å². The largest absolute Gasteiger partial charge is 0.380 e. The summed E-state index contributed by atoms with van der Waals surface area (Å²) in [5.41, 5.74) is 6.06. The molecule has 0 amide bonds. The third kappa shape index (κ3) is 3.40. The van der Waals surface area contributed by atoms with Gasteiger partial charge < -0.3 is 10.6 Å². The molecule has 1 rings (SSSR count). The summed E-state index contributed by atoms with van der Waals surface area (Å²) in [5, 5.41) is 4.31. The van der Waals surface area contributed by atoms with Crippen LogP contribution in [0.3, 0.4) is 0 Å². The van der Waals surface area contributed by atoms with Crippen LogP contribution >= 0.6 is 23.2 Å². The maximum Gasteiger partial charge on any atom is 0.334 e. The normalized spacial score (nSPS) is 11.3. The van der Waals surface area contributed by atoms with Crippen molar-refractivity contribution in [1.29, 1.82) is 0 Å². The average Bonchev–Trinajstić information content (AvgIpc) is 2.25. The average molecular weight is 261 g/mol. The smallest absolute Gasteiger partial charge is 0.334 e. The predicted molar refractivity (Wildman–Crippen MR) is 63.6 cm³/mol. The Balaban J connectivity index is 2.87. The standard InChI is InChI=1S/C10H10Cl2N2O2/c1-2-9(15)16-14-10(13)7-4-3-6(11)5-8(7)12/h3-5H,2H2,1H3,(H2,13,14). The highest BCUT2D eigenvalue weighted by molar-refractivity contribution is 6.36. The van der Waals surface area contributed by atoms with Crippen LogP contribution in [0.25, 0.3) is 0 Å². The summed E-state index contributed by atoms with van der Waals surface area (Å²) in [7, 11) is 0. The van der Waals surface area contributed by atoms with Gasteiger partial charge in [-0.3, -0.25) is 0 Å². The fourth-order valence-corrected chi connectivity index (χ4v) is 1.42. The summed E-state index contributed by atoms with van der Waals surface area (Å²) in [6.45, 7) is 1.66. The van der Waals surface area contributed by atoms with Gasteiger partial charge in [-0.2, -0.15) is 0 Å². The maximum atomic E-state index is 10.8. The molecule has 0 saturated carbocycles. The molecular weight excluding hydrogens is 251 g/mol. The number of amidine groups is 1. The molecule has 0 spiro atoms. The molecule has 0 bridgehead atoms. The van der Waals surface area contributed by atoms with E-state index in [2.05, 4.69) is 9.99 Å². The van der Waals surface area contributed by atoms with Crippen molar-refractivity contribution in [3.63, 3.8) is 0 Å². The molecule has 0 unspecified atom stereocenters. The van der Waals surface area contributed by atoms with E-state index in [0.29, 0.717) is 15.6 Å². The minimum Gasteiger partial charge on any atom is -0.380 e. The molecule has 0 heterocycles. The lowest BCUT2D eigenvalue weighted by Crippen LogP contribution is -2.15. The molecule has 1 aromatic carbocycles. The minimum atomic E-state index is -0.465. The molecule has 86 valence electrons. The van der Waals surface area contributed by atoms with Crippen LogP contribution in [0.1, 0.15) is 18.9 Å². The van der Waals surface area contributed by atoms with Gasteiger partial charge in [-0.25, -0.2) is 4.79 Å². The van der Waals surface area contributed by atoms with E-state index in [9.17, 15) is 4.79 Å². The van der Waals surface area contributed by atoms with Gasteiger partial charge in [-0.05, 0) is 18.2 Å². The van der Waals surface area contributed by atoms with Crippen LogP contribution in [-0.2, 0) is 9.63 Å². The quantitative estimate of drug-likeness (QED) is 0.393. The van der Waals surface area contributed by atoms with Gasteiger partial charge in [0.2, 0.25) is 0 Å². The number of hydrogen-bond donors (Lipinski definition) is 1. The SMILES string of the molecule is CCC(=O)O/N=C(\N)c1ccc(Cl)cc1Cl. The zero-order valence-electron chi connectivity index (χ0n) is 8.54. The Morgan fingerprint density at radius 1 is 1.50 bits per heavy atom. The zero-order valence-corrected chi connectivity index (χ0v) is 10.0. The van der Waals surface area contributed by atoms with Crippen LogP contribution in [-0.4, -0.2) is 11.8 Å². The second-order valence-corrected chi connectivity index (χ2v) is 3.76. The van der Waals surface area contributed by atoms with Crippen LogP contribution < -0.4 is 5.73 Å². The lowest BCUT2D eigenvalue weighted by atomic mass is 10.2. The van der Waals surface area contributed by atoms with Gasteiger partial charge in [0.15, 0.2) is 5.84 Å². The molecule has 0 radical (unpaired) electrons. The van der Waals surface area contributed by atoms with Crippen LogP contribution in [0.4, 0.5) is 0 Å². The number of carbonyl (C=O) groups is 1. The number of carbonyl (C=O) groups excluding carboxylic acids is 1. The Labute approximate surface area is 103 Å². The monoisotopic (exact) mass is 260 g/mol. The van der Waals surface area contributed by atoms with Crippen molar-refractivity contribution < 1.29 is 9.63 Å². The zero-order chi connectivity index (χ0) is 12.1. The Morgan fingerprint density at radius 2 is 2.19 bits per heavy atom.